The van der Waals surface area contributed by atoms with Gasteiger partial charge in [-0.15, -0.1) is 0 Å². The molecule has 0 bridgehead atoms. The molecule has 3 rings (SSSR count). The third kappa shape index (κ3) is 4.97. The molecule has 1 heterocycles. The summed E-state index contributed by atoms with van der Waals surface area (Å²) in [5.74, 6) is -0.405. The van der Waals surface area contributed by atoms with Crippen molar-refractivity contribution in [1.82, 2.24) is 0 Å². The van der Waals surface area contributed by atoms with Crippen molar-refractivity contribution in [3.8, 4) is 5.75 Å². The molecule has 0 aliphatic heterocycles. The van der Waals surface area contributed by atoms with Gasteiger partial charge in [-0.25, -0.2) is 0 Å². The maximum atomic E-state index is 12.3. The molecule has 0 radical (unpaired) electrons. The van der Waals surface area contributed by atoms with Gasteiger partial charge in [0.15, 0.2) is 11.3 Å². The first-order chi connectivity index (χ1) is 15.1. The molecular weight excluding hydrogens is 412 g/mol. The van der Waals surface area contributed by atoms with E-state index in [4.69, 9.17) is 18.6 Å². The molecule has 7 nitrogen and oxygen atoms in total. The fraction of sp³-hybridized carbons (Fsp3) is 0.560. The first-order valence-electron chi connectivity index (χ1n) is 11.2. The number of fused-ring (bicyclic) bond motifs is 2. The van der Waals surface area contributed by atoms with Crippen molar-refractivity contribution >= 4 is 28.9 Å². The van der Waals surface area contributed by atoms with Crippen LogP contribution in [0.5, 0.6) is 5.75 Å². The van der Waals surface area contributed by atoms with Crippen molar-refractivity contribution in [1.29, 1.82) is 0 Å². The second-order valence-corrected chi connectivity index (χ2v) is 8.98. The molecule has 174 valence electrons. The minimum absolute atomic E-state index is 0.000985. The van der Waals surface area contributed by atoms with Crippen LogP contribution in [0.4, 0.5) is 0 Å². The number of hydrogen-bond acceptors (Lipinski definition) is 7. The largest absolute Gasteiger partial charge is 0.462 e. The van der Waals surface area contributed by atoms with Crippen molar-refractivity contribution in [2.45, 2.75) is 85.9 Å². The third-order valence-corrected chi connectivity index (χ3v) is 5.75. The first-order valence-corrected chi connectivity index (χ1v) is 11.2. The number of ether oxygens (including phenoxy) is 3. The minimum atomic E-state index is -0.376. The molecule has 0 spiro atoms. The highest BCUT2D eigenvalue weighted by Crippen LogP contribution is 2.47. The van der Waals surface area contributed by atoms with E-state index in [0.717, 1.165) is 27.6 Å². The Morgan fingerprint density at radius 3 is 2.56 bits per heavy atom. The Kier molecular flexibility index (Phi) is 7.26. The number of esters is 3. The van der Waals surface area contributed by atoms with Crippen molar-refractivity contribution < 1.29 is 33.0 Å². The van der Waals surface area contributed by atoms with Crippen LogP contribution in [0.15, 0.2) is 10.7 Å². The number of furan rings is 1. The Bertz CT molecular complexity index is 1030. The van der Waals surface area contributed by atoms with Crippen LogP contribution < -0.4 is 4.74 Å². The van der Waals surface area contributed by atoms with Gasteiger partial charge in [0.1, 0.15) is 12.7 Å². The summed E-state index contributed by atoms with van der Waals surface area (Å²) in [6.45, 7) is 11.1. The number of carbonyl (C=O) groups is 3. The molecule has 1 aliphatic carbocycles. The predicted molar refractivity (Wildman–Crippen MR) is 118 cm³/mol. The zero-order valence-electron chi connectivity index (χ0n) is 19.7. The van der Waals surface area contributed by atoms with E-state index >= 15 is 0 Å². The highest BCUT2D eigenvalue weighted by atomic mass is 16.6. The normalized spacial score (nSPS) is 17.8. The second kappa shape index (κ2) is 9.76. The maximum Gasteiger partial charge on any atom is 0.311 e. The quantitative estimate of drug-likeness (QED) is 0.432. The van der Waals surface area contributed by atoms with Crippen LogP contribution in [0, 0.1) is 12.8 Å². The standard InChI is InChI=1S/C25H32O7/c1-7-20(27)32-24-18-10-17(31-21(28)8-13(2)3)9-14(4)22(18)19(12-29-16(6)26)23-15(5)11-30-25(23)24/h11,13-14,17H,7-10,12H2,1-6H3/t14-,17-/m0/s1. The van der Waals surface area contributed by atoms with E-state index in [1.165, 1.54) is 6.92 Å². The van der Waals surface area contributed by atoms with Crippen LogP contribution in [0.2, 0.25) is 0 Å². The molecule has 1 aromatic heterocycles. The molecule has 0 unspecified atom stereocenters. The van der Waals surface area contributed by atoms with Crippen LogP contribution >= 0.6 is 0 Å². The van der Waals surface area contributed by atoms with Gasteiger partial charge in [-0.1, -0.05) is 27.7 Å². The summed E-state index contributed by atoms with van der Waals surface area (Å²) in [6.07, 6.45) is 2.88. The lowest BCUT2D eigenvalue weighted by Gasteiger charge is -2.32. The molecule has 1 aliphatic rings. The van der Waals surface area contributed by atoms with Gasteiger partial charge in [0.05, 0.1) is 6.26 Å². The van der Waals surface area contributed by atoms with Gasteiger partial charge < -0.3 is 18.6 Å². The van der Waals surface area contributed by atoms with Gasteiger partial charge in [-0.3, -0.25) is 14.4 Å². The van der Waals surface area contributed by atoms with Crippen molar-refractivity contribution in [3.63, 3.8) is 0 Å². The van der Waals surface area contributed by atoms with Gasteiger partial charge in [0.2, 0.25) is 0 Å². The van der Waals surface area contributed by atoms with Crippen molar-refractivity contribution in [2.24, 2.45) is 5.92 Å². The van der Waals surface area contributed by atoms with E-state index in [1.807, 2.05) is 27.7 Å². The summed E-state index contributed by atoms with van der Waals surface area (Å²) in [6, 6.07) is 0. The van der Waals surface area contributed by atoms with Gasteiger partial charge in [-0.05, 0) is 36.3 Å². The Morgan fingerprint density at radius 2 is 1.94 bits per heavy atom. The van der Waals surface area contributed by atoms with Crippen LogP contribution in [-0.4, -0.2) is 24.0 Å². The average molecular weight is 445 g/mol. The summed E-state index contributed by atoms with van der Waals surface area (Å²) in [4.78, 5) is 36.2. The summed E-state index contributed by atoms with van der Waals surface area (Å²) < 4.78 is 22.7. The van der Waals surface area contributed by atoms with E-state index in [0.29, 0.717) is 30.6 Å². The fourth-order valence-corrected chi connectivity index (χ4v) is 4.46. The van der Waals surface area contributed by atoms with E-state index < -0.39 is 0 Å². The number of aryl methyl sites for hydroxylation is 1. The van der Waals surface area contributed by atoms with Crippen molar-refractivity contribution in [3.05, 3.63) is 28.5 Å². The van der Waals surface area contributed by atoms with Gasteiger partial charge >= 0.3 is 17.9 Å². The fourth-order valence-electron chi connectivity index (χ4n) is 4.46. The lowest BCUT2D eigenvalue weighted by Crippen LogP contribution is -2.29. The summed E-state index contributed by atoms with van der Waals surface area (Å²) in [7, 11) is 0. The minimum Gasteiger partial charge on any atom is -0.462 e. The average Bonchev–Trinajstić information content (AvgIpc) is 3.08. The lowest BCUT2D eigenvalue weighted by atomic mass is 9.78. The highest BCUT2D eigenvalue weighted by molar-refractivity contribution is 5.94. The number of rotatable bonds is 7. The third-order valence-electron chi connectivity index (χ3n) is 5.75. The highest BCUT2D eigenvalue weighted by Gasteiger charge is 2.35. The van der Waals surface area contributed by atoms with Crippen LogP contribution in [0.3, 0.4) is 0 Å². The van der Waals surface area contributed by atoms with Gasteiger partial charge in [0, 0.05) is 42.7 Å². The Morgan fingerprint density at radius 1 is 1.22 bits per heavy atom. The SMILES string of the molecule is CCC(=O)Oc1c2c(c(COC(C)=O)c3c(C)coc13)[C@@H](C)C[C@H](OC(=O)CC(C)C)C2. The first kappa shape index (κ1) is 23.8. The summed E-state index contributed by atoms with van der Waals surface area (Å²) in [5, 5.41) is 0.797. The summed E-state index contributed by atoms with van der Waals surface area (Å²) >= 11 is 0. The maximum absolute atomic E-state index is 12.3. The number of benzene rings is 1. The Hall–Kier alpha value is -2.83. The van der Waals surface area contributed by atoms with Crippen molar-refractivity contribution in [2.75, 3.05) is 0 Å². The number of carbonyl (C=O) groups excluding carboxylic acids is 3. The molecule has 0 saturated heterocycles. The monoisotopic (exact) mass is 444 g/mol. The van der Waals surface area contributed by atoms with E-state index in [2.05, 4.69) is 0 Å². The molecule has 0 N–H and O–H groups in total. The molecule has 0 amide bonds. The Labute approximate surface area is 188 Å². The van der Waals surface area contributed by atoms with Crippen LogP contribution in [0.25, 0.3) is 11.0 Å². The van der Waals surface area contributed by atoms with Gasteiger partial charge in [0.25, 0.3) is 0 Å². The topological polar surface area (TPSA) is 92.0 Å². The molecule has 0 fully saturated rings. The van der Waals surface area contributed by atoms with Crippen LogP contribution in [-0.2, 0) is 36.9 Å². The smallest absolute Gasteiger partial charge is 0.311 e. The zero-order chi connectivity index (χ0) is 23.6. The zero-order valence-corrected chi connectivity index (χ0v) is 19.7. The Balaban J connectivity index is 2.14. The van der Waals surface area contributed by atoms with E-state index in [9.17, 15) is 14.4 Å². The van der Waals surface area contributed by atoms with Gasteiger partial charge in [-0.2, -0.15) is 0 Å². The molecular formula is C25H32O7. The molecule has 1 aromatic carbocycles. The molecule has 2 atom stereocenters. The van der Waals surface area contributed by atoms with Crippen LogP contribution in [0.1, 0.15) is 82.1 Å². The number of hydrogen-bond donors (Lipinski definition) is 0. The van der Waals surface area contributed by atoms with E-state index in [1.54, 1.807) is 13.2 Å². The summed E-state index contributed by atoms with van der Waals surface area (Å²) in [5.41, 5.74) is 3.92. The second-order valence-electron chi connectivity index (χ2n) is 8.98. The lowest BCUT2D eigenvalue weighted by molar-refractivity contribution is -0.151. The molecule has 32 heavy (non-hydrogen) atoms. The molecule has 7 heteroatoms. The molecule has 0 saturated carbocycles. The predicted octanol–water partition coefficient (Wildman–Crippen LogP) is 5.13. The van der Waals surface area contributed by atoms with E-state index in [-0.39, 0.29) is 48.9 Å². The molecule has 2 aromatic rings.